The summed E-state index contributed by atoms with van der Waals surface area (Å²) < 4.78 is 18.9. The van der Waals surface area contributed by atoms with Crippen molar-refractivity contribution in [3.63, 3.8) is 0 Å². The molecule has 2 amide bonds. The molecule has 0 aliphatic rings. The number of rotatable bonds is 5. The van der Waals surface area contributed by atoms with E-state index in [2.05, 4.69) is 24.6 Å². The van der Waals surface area contributed by atoms with Crippen LogP contribution in [0.1, 0.15) is 11.1 Å². The van der Waals surface area contributed by atoms with Crippen molar-refractivity contribution in [2.75, 3.05) is 19.5 Å². The molecule has 134 valence electrons. The number of methoxy groups -OCH3 is 2. The number of carbonyl (C=O) groups is 1. The molecule has 3 rings (SSSR count). The Morgan fingerprint density at radius 1 is 1.19 bits per heavy atom. The first-order chi connectivity index (χ1) is 12.6. The van der Waals surface area contributed by atoms with Gasteiger partial charge in [0.1, 0.15) is 22.5 Å². The van der Waals surface area contributed by atoms with Gasteiger partial charge in [-0.05, 0) is 31.2 Å². The van der Waals surface area contributed by atoms with Crippen molar-refractivity contribution < 1.29 is 14.3 Å². The number of benzene rings is 2. The predicted octanol–water partition coefficient (Wildman–Crippen LogP) is 3.17. The van der Waals surface area contributed by atoms with Gasteiger partial charge in [0.05, 0.1) is 37.8 Å². The molecule has 1 heterocycles. The summed E-state index contributed by atoms with van der Waals surface area (Å²) in [5.74, 6) is 1.36. The second-order valence-corrected chi connectivity index (χ2v) is 5.84. The summed E-state index contributed by atoms with van der Waals surface area (Å²) in [7, 11) is 3.17. The fraction of sp³-hybridized carbons (Fsp3) is 0.176. The minimum absolute atomic E-state index is 0.479. The van der Waals surface area contributed by atoms with Crippen LogP contribution < -0.4 is 20.2 Å². The van der Waals surface area contributed by atoms with E-state index in [0.717, 1.165) is 28.4 Å². The number of hydrogen-bond acceptors (Lipinski definition) is 7. The van der Waals surface area contributed by atoms with E-state index in [9.17, 15) is 4.79 Å². The minimum atomic E-state index is -0.479. The highest BCUT2D eigenvalue weighted by Gasteiger charge is 2.09. The van der Waals surface area contributed by atoms with Gasteiger partial charge in [-0.1, -0.05) is 6.07 Å². The normalized spacial score (nSPS) is 10.9. The van der Waals surface area contributed by atoms with Gasteiger partial charge in [-0.2, -0.15) is 13.8 Å². The Bertz CT molecular complexity index is 945. The van der Waals surface area contributed by atoms with E-state index >= 15 is 0 Å². The van der Waals surface area contributed by atoms with E-state index in [1.54, 1.807) is 26.4 Å². The Kier molecular flexibility index (Phi) is 5.28. The average Bonchev–Trinajstić information content (AvgIpc) is 3.12. The zero-order chi connectivity index (χ0) is 18.5. The van der Waals surface area contributed by atoms with E-state index in [-0.39, 0.29) is 0 Å². The standard InChI is InChI=1S/C17H17N5O3S/c1-10-14(24-2)7-11(8-15(10)25-3)9-18-20-17(23)19-12-5-4-6-13-16(12)22-26-21-13/h4-9H,1-3H3,(H2,19,20,23)/b18-9+. The summed E-state index contributed by atoms with van der Waals surface area (Å²) >= 11 is 1.09. The van der Waals surface area contributed by atoms with Gasteiger partial charge in [-0.15, -0.1) is 0 Å². The first-order valence-corrected chi connectivity index (χ1v) is 8.39. The van der Waals surface area contributed by atoms with Crippen molar-refractivity contribution in [3.05, 3.63) is 41.5 Å². The maximum absolute atomic E-state index is 12.0. The van der Waals surface area contributed by atoms with Crippen molar-refractivity contribution in [1.29, 1.82) is 0 Å². The summed E-state index contributed by atoms with van der Waals surface area (Å²) in [5, 5.41) is 6.66. The van der Waals surface area contributed by atoms with Crippen LogP contribution in [-0.4, -0.2) is 35.2 Å². The van der Waals surface area contributed by atoms with Gasteiger partial charge in [-0.25, -0.2) is 10.2 Å². The topological polar surface area (TPSA) is 97.7 Å². The number of hydrazone groups is 1. The van der Waals surface area contributed by atoms with Crippen LogP contribution in [0.4, 0.5) is 10.5 Å². The Hall–Kier alpha value is -3.20. The van der Waals surface area contributed by atoms with Crippen LogP contribution >= 0.6 is 11.7 Å². The quantitative estimate of drug-likeness (QED) is 0.530. The van der Waals surface area contributed by atoms with Crippen molar-refractivity contribution in [2.24, 2.45) is 5.10 Å². The number of anilines is 1. The number of amides is 2. The molecule has 8 nitrogen and oxygen atoms in total. The highest BCUT2D eigenvalue weighted by atomic mass is 32.1. The predicted molar refractivity (Wildman–Crippen MR) is 101 cm³/mol. The van der Waals surface area contributed by atoms with Crippen LogP contribution in [0.15, 0.2) is 35.4 Å². The Morgan fingerprint density at radius 2 is 1.92 bits per heavy atom. The molecule has 0 aliphatic heterocycles. The number of urea groups is 1. The molecule has 0 aliphatic carbocycles. The Morgan fingerprint density at radius 3 is 2.62 bits per heavy atom. The van der Waals surface area contributed by atoms with Gasteiger partial charge in [0.2, 0.25) is 0 Å². The van der Waals surface area contributed by atoms with E-state index in [1.807, 2.05) is 25.1 Å². The SMILES string of the molecule is COc1cc(/C=N/NC(=O)Nc2cccc3nsnc23)cc(OC)c1C. The van der Waals surface area contributed by atoms with Crippen LogP contribution in [0.5, 0.6) is 11.5 Å². The van der Waals surface area contributed by atoms with Crippen molar-refractivity contribution in [3.8, 4) is 11.5 Å². The highest BCUT2D eigenvalue weighted by molar-refractivity contribution is 7.00. The van der Waals surface area contributed by atoms with E-state index < -0.39 is 6.03 Å². The minimum Gasteiger partial charge on any atom is -0.496 e. The van der Waals surface area contributed by atoms with Gasteiger partial charge in [0, 0.05) is 11.1 Å². The molecule has 2 aromatic carbocycles. The van der Waals surface area contributed by atoms with E-state index in [1.165, 1.54) is 6.21 Å². The highest BCUT2D eigenvalue weighted by Crippen LogP contribution is 2.28. The van der Waals surface area contributed by atoms with E-state index in [4.69, 9.17) is 9.47 Å². The number of hydrogen-bond donors (Lipinski definition) is 2. The molecule has 0 unspecified atom stereocenters. The molecule has 0 fully saturated rings. The van der Waals surface area contributed by atoms with Crippen LogP contribution in [0.25, 0.3) is 11.0 Å². The van der Waals surface area contributed by atoms with Crippen LogP contribution in [0.2, 0.25) is 0 Å². The lowest BCUT2D eigenvalue weighted by Gasteiger charge is -2.10. The van der Waals surface area contributed by atoms with Gasteiger partial charge in [0.25, 0.3) is 0 Å². The molecule has 3 aromatic rings. The Labute approximate surface area is 154 Å². The average molecular weight is 371 g/mol. The fourth-order valence-electron chi connectivity index (χ4n) is 2.40. The van der Waals surface area contributed by atoms with Gasteiger partial charge in [-0.3, -0.25) is 0 Å². The molecule has 26 heavy (non-hydrogen) atoms. The summed E-state index contributed by atoms with van der Waals surface area (Å²) in [6, 6.07) is 8.52. The molecular weight excluding hydrogens is 354 g/mol. The maximum Gasteiger partial charge on any atom is 0.339 e. The lowest BCUT2D eigenvalue weighted by Crippen LogP contribution is -2.24. The number of aromatic nitrogens is 2. The number of carbonyl (C=O) groups excluding carboxylic acids is 1. The molecule has 2 N–H and O–H groups in total. The molecule has 0 saturated carbocycles. The summed E-state index contributed by atoms with van der Waals surface area (Å²) in [6.45, 7) is 1.90. The van der Waals surface area contributed by atoms with E-state index in [0.29, 0.717) is 22.7 Å². The van der Waals surface area contributed by atoms with Gasteiger partial charge < -0.3 is 14.8 Å². The van der Waals surface area contributed by atoms with Crippen LogP contribution in [0, 0.1) is 6.92 Å². The molecule has 9 heteroatoms. The molecule has 0 atom stereocenters. The first kappa shape index (κ1) is 17.6. The maximum atomic E-state index is 12.0. The summed E-state index contributed by atoms with van der Waals surface area (Å²) in [6.07, 6.45) is 1.51. The second-order valence-electron chi connectivity index (χ2n) is 5.31. The van der Waals surface area contributed by atoms with Crippen molar-refractivity contribution >= 4 is 40.7 Å². The van der Waals surface area contributed by atoms with Crippen LogP contribution in [-0.2, 0) is 0 Å². The zero-order valence-electron chi connectivity index (χ0n) is 14.4. The smallest absolute Gasteiger partial charge is 0.339 e. The third-order valence-corrected chi connectivity index (χ3v) is 4.23. The number of nitrogens with zero attached hydrogens (tertiary/aromatic N) is 3. The summed E-state index contributed by atoms with van der Waals surface area (Å²) in [5.41, 5.74) is 5.99. The van der Waals surface area contributed by atoms with Crippen LogP contribution in [0.3, 0.4) is 0 Å². The monoisotopic (exact) mass is 371 g/mol. The number of ether oxygens (including phenoxy) is 2. The first-order valence-electron chi connectivity index (χ1n) is 7.66. The molecule has 0 spiro atoms. The van der Waals surface area contributed by atoms with Gasteiger partial charge in [0.15, 0.2) is 0 Å². The summed E-state index contributed by atoms with van der Waals surface area (Å²) in [4.78, 5) is 12.0. The van der Waals surface area contributed by atoms with Crippen molar-refractivity contribution in [2.45, 2.75) is 6.92 Å². The lowest BCUT2D eigenvalue weighted by molar-refractivity contribution is 0.252. The molecule has 1 aromatic heterocycles. The lowest BCUT2D eigenvalue weighted by atomic mass is 10.1. The zero-order valence-corrected chi connectivity index (χ0v) is 15.3. The fourth-order valence-corrected chi connectivity index (χ4v) is 2.95. The van der Waals surface area contributed by atoms with Crippen molar-refractivity contribution in [1.82, 2.24) is 14.2 Å². The third-order valence-electron chi connectivity index (χ3n) is 3.69. The largest absolute Gasteiger partial charge is 0.496 e. The van der Waals surface area contributed by atoms with Gasteiger partial charge >= 0.3 is 6.03 Å². The molecule has 0 saturated heterocycles. The molecule has 0 radical (unpaired) electrons. The molecule has 0 bridgehead atoms. The Balaban J connectivity index is 1.68. The number of nitrogens with one attached hydrogen (secondary N) is 2. The number of fused-ring (bicyclic) bond motifs is 1. The second kappa shape index (κ2) is 7.79. The third kappa shape index (κ3) is 3.72. The molecular formula is C17H17N5O3S.